The number of likely N-dealkylation sites (N-methyl/N-ethyl adjacent to an activating group) is 1. The molecule has 10 heteroatoms. The summed E-state index contributed by atoms with van der Waals surface area (Å²) in [5.41, 5.74) is 1.87. The Labute approximate surface area is 190 Å². The fourth-order valence-corrected chi connectivity index (χ4v) is 3.67. The lowest BCUT2D eigenvalue weighted by atomic mass is 10.1. The molecule has 4 amide bonds. The molecule has 172 valence electrons. The zero-order valence-corrected chi connectivity index (χ0v) is 18.4. The van der Waals surface area contributed by atoms with Crippen molar-refractivity contribution < 1.29 is 29.1 Å². The molecule has 0 saturated carbocycles. The molecule has 0 aliphatic carbocycles. The molecule has 0 aromatic heterocycles. The predicted molar refractivity (Wildman–Crippen MR) is 121 cm³/mol. The van der Waals surface area contributed by atoms with E-state index in [0.29, 0.717) is 22.6 Å². The van der Waals surface area contributed by atoms with Crippen molar-refractivity contribution >= 4 is 46.7 Å². The Morgan fingerprint density at radius 2 is 1.76 bits per heavy atom. The van der Waals surface area contributed by atoms with E-state index in [4.69, 9.17) is 5.11 Å². The number of aryl methyl sites for hydroxylation is 1. The minimum absolute atomic E-state index is 0.0586. The van der Waals surface area contributed by atoms with E-state index in [0.717, 1.165) is 4.90 Å². The fraction of sp³-hybridized carbons (Fsp3) is 0.261. The van der Waals surface area contributed by atoms with Crippen molar-refractivity contribution in [2.24, 2.45) is 0 Å². The first-order valence-corrected chi connectivity index (χ1v) is 10.2. The molecule has 0 spiro atoms. The Hall–Kier alpha value is -4.05. The summed E-state index contributed by atoms with van der Waals surface area (Å²) >= 11 is 0. The van der Waals surface area contributed by atoms with Crippen molar-refractivity contribution in [3.05, 3.63) is 53.6 Å². The Morgan fingerprint density at radius 1 is 1.09 bits per heavy atom. The number of benzene rings is 2. The summed E-state index contributed by atoms with van der Waals surface area (Å²) in [7, 11) is 1.58. The molecule has 1 aliphatic heterocycles. The van der Waals surface area contributed by atoms with E-state index < -0.39 is 29.7 Å². The third-order valence-electron chi connectivity index (χ3n) is 5.20. The predicted octanol–water partition coefficient (Wildman–Crippen LogP) is 1.85. The van der Waals surface area contributed by atoms with Crippen LogP contribution in [0.25, 0.3) is 0 Å². The maximum Gasteiger partial charge on any atom is 0.335 e. The summed E-state index contributed by atoms with van der Waals surface area (Å²) in [5, 5.41) is 14.5. The molecule has 3 rings (SSSR count). The van der Waals surface area contributed by atoms with Crippen molar-refractivity contribution in [2.45, 2.75) is 26.3 Å². The van der Waals surface area contributed by atoms with Gasteiger partial charge in [-0.05, 0) is 55.9 Å². The molecule has 1 atom stereocenters. The van der Waals surface area contributed by atoms with Gasteiger partial charge in [0.1, 0.15) is 0 Å². The van der Waals surface area contributed by atoms with Gasteiger partial charge in [-0.1, -0.05) is 6.07 Å². The van der Waals surface area contributed by atoms with Gasteiger partial charge >= 0.3 is 5.97 Å². The molecule has 1 heterocycles. The van der Waals surface area contributed by atoms with E-state index >= 15 is 0 Å². The molecule has 1 unspecified atom stereocenters. The van der Waals surface area contributed by atoms with Crippen molar-refractivity contribution in [1.29, 1.82) is 0 Å². The number of amides is 4. The maximum absolute atomic E-state index is 13.0. The summed E-state index contributed by atoms with van der Waals surface area (Å²) in [6.07, 6.45) is -0.0965. The number of imide groups is 1. The number of carboxylic acid groups (broad SMARTS) is 1. The first-order chi connectivity index (χ1) is 15.6. The topological polar surface area (TPSA) is 136 Å². The van der Waals surface area contributed by atoms with Crippen LogP contribution in [-0.2, 0) is 19.2 Å². The lowest BCUT2D eigenvalue weighted by molar-refractivity contribution is -0.123. The standard InChI is InChI=1S/C23H24N4O6/c1-13-9-15(23(32)33)7-8-18(13)27-21(30)11-19(22(27)31)26(3)12-20(29)25-17-6-4-5-16(10-17)24-14(2)28/h4-10,19H,11-12H2,1-3H3,(H,24,28)(H,25,29)(H,32,33). The van der Waals surface area contributed by atoms with Gasteiger partial charge in [0, 0.05) is 18.3 Å². The zero-order chi connectivity index (χ0) is 24.3. The van der Waals surface area contributed by atoms with Crippen molar-refractivity contribution in [1.82, 2.24) is 4.90 Å². The number of carboxylic acids is 1. The van der Waals surface area contributed by atoms with Crippen LogP contribution in [0.5, 0.6) is 0 Å². The summed E-state index contributed by atoms with van der Waals surface area (Å²) in [6, 6.07) is 9.99. The first kappa shape index (κ1) is 23.6. The van der Waals surface area contributed by atoms with Crippen LogP contribution < -0.4 is 15.5 Å². The summed E-state index contributed by atoms with van der Waals surface area (Å²) in [4.78, 5) is 63.0. The Kier molecular flexibility index (Phi) is 6.88. The summed E-state index contributed by atoms with van der Waals surface area (Å²) < 4.78 is 0. The minimum Gasteiger partial charge on any atom is -0.478 e. The summed E-state index contributed by atoms with van der Waals surface area (Å²) in [5.74, 6) is -2.63. The highest BCUT2D eigenvalue weighted by molar-refractivity contribution is 6.23. The number of nitrogens with zero attached hydrogens (tertiary/aromatic N) is 2. The number of hydrogen-bond donors (Lipinski definition) is 3. The molecule has 1 aliphatic rings. The molecule has 3 N–H and O–H groups in total. The second-order valence-electron chi connectivity index (χ2n) is 7.82. The molecular formula is C23H24N4O6. The smallest absolute Gasteiger partial charge is 0.335 e. The van der Waals surface area contributed by atoms with E-state index in [1.165, 1.54) is 30.0 Å². The molecule has 0 radical (unpaired) electrons. The van der Waals surface area contributed by atoms with Gasteiger partial charge < -0.3 is 15.7 Å². The number of anilines is 3. The van der Waals surface area contributed by atoms with E-state index in [1.807, 2.05) is 0 Å². The Balaban J connectivity index is 1.67. The Morgan fingerprint density at radius 3 is 2.36 bits per heavy atom. The summed E-state index contributed by atoms with van der Waals surface area (Å²) in [6.45, 7) is 2.87. The van der Waals surface area contributed by atoms with Gasteiger partial charge in [-0.3, -0.25) is 24.1 Å². The Bertz CT molecular complexity index is 1150. The molecular weight excluding hydrogens is 428 g/mol. The third-order valence-corrected chi connectivity index (χ3v) is 5.20. The van der Waals surface area contributed by atoms with Crippen LogP contribution in [0.3, 0.4) is 0 Å². The van der Waals surface area contributed by atoms with E-state index in [1.54, 1.807) is 38.2 Å². The van der Waals surface area contributed by atoms with Gasteiger partial charge in [-0.15, -0.1) is 0 Å². The second kappa shape index (κ2) is 9.61. The van der Waals surface area contributed by atoms with E-state index in [2.05, 4.69) is 10.6 Å². The van der Waals surface area contributed by atoms with E-state index in [9.17, 15) is 24.0 Å². The largest absolute Gasteiger partial charge is 0.478 e. The molecule has 10 nitrogen and oxygen atoms in total. The maximum atomic E-state index is 13.0. The van der Waals surface area contributed by atoms with Crippen molar-refractivity contribution in [3.63, 3.8) is 0 Å². The van der Waals surface area contributed by atoms with Gasteiger partial charge in [-0.25, -0.2) is 9.69 Å². The lowest BCUT2D eigenvalue weighted by Crippen LogP contribution is -2.43. The minimum atomic E-state index is -1.10. The van der Waals surface area contributed by atoms with Gasteiger partial charge in [0.2, 0.25) is 17.7 Å². The number of carbonyl (C=O) groups excluding carboxylic acids is 4. The van der Waals surface area contributed by atoms with Gasteiger partial charge in [0.25, 0.3) is 5.91 Å². The number of nitrogens with one attached hydrogen (secondary N) is 2. The van der Waals surface area contributed by atoms with Crippen molar-refractivity contribution in [3.8, 4) is 0 Å². The zero-order valence-electron chi connectivity index (χ0n) is 18.4. The highest BCUT2D eigenvalue weighted by atomic mass is 16.4. The van der Waals surface area contributed by atoms with E-state index in [-0.39, 0.29) is 24.4 Å². The van der Waals surface area contributed by atoms with Crippen molar-refractivity contribution in [2.75, 3.05) is 29.1 Å². The molecule has 33 heavy (non-hydrogen) atoms. The average Bonchev–Trinajstić information content (AvgIpc) is 3.01. The average molecular weight is 452 g/mol. The monoisotopic (exact) mass is 452 g/mol. The third kappa shape index (κ3) is 5.42. The van der Waals surface area contributed by atoms with Crippen LogP contribution in [0.1, 0.15) is 29.3 Å². The molecule has 1 saturated heterocycles. The van der Waals surface area contributed by atoms with Gasteiger partial charge in [0.15, 0.2) is 0 Å². The number of rotatable bonds is 7. The number of carbonyl (C=O) groups is 5. The molecule has 1 fully saturated rings. The van der Waals surface area contributed by atoms with Gasteiger partial charge in [0.05, 0.1) is 30.3 Å². The van der Waals surface area contributed by atoms with Crippen LogP contribution in [-0.4, -0.2) is 59.2 Å². The lowest BCUT2D eigenvalue weighted by Gasteiger charge is -2.23. The van der Waals surface area contributed by atoms with Crippen LogP contribution in [0.2, 0.25) is 0 Å². The van der Waals surface area contributed by atoms with Crippen LogP contribution in [0.15, 0.2) is 42.5 Å². The second-order valence-corrected chi connectivity index (χ2v) is 7.82. The van der Waals surface area contributed by atoms with Crippen LogP contribution in [0.4, 0.5) is 17.1 Å². The molecule has 2 aromatic rings. The SMILES string of the molecule is CC(=O)Nc1cccc(NC(=O)CN(C)C2CC(=O)N(c3ccc(C(=O)O)cc3C)C2=O)c1. The fourth-order valence-electron chi connectivity index (χ4n) is 3.67. The number of hydrogen-bond acceptors (Lipinski definition) is 6. The number of aromatic carboxylic acids is 1. The first-order valence-electron chi connectivity index (χ1n) is 10.2. The molecule has 0 bridgehead atoms. The van der Waals surface area contributed by atoms with Gasteiger partial charge in [-0.2, -0.15) is 0 Å². The quantitative estimate of drug-likeness (QED) is 0.546. The van der Waals surface area contributed by atoms with Crippen LogP contribution in [0, 0.1) is 6.92 Å². The highest BCUT2D eigenvalue weighted by Gasteiger charge is 2.42. The normalized spacial score (nSPS) is 15.6. The highest BCUT2D eigenvalue weighted by Crippen LogP contribution is 2.29. The van der Waals surface area contributed by atoms with Crippen LogP contribution >= 0.6 is 0 Å². The molecule has 2 aromatic carbocycles.